The van der Waals surface area contributed by atoms with E-state index in [1.54, 1.807) is 24.4 Å². The van der Waals surface area contributed by atoms with E-state index in [9.17, 15) is 17.9 Å². The fourth-order valence-corrected chi connectivity index (χ4v) is 4.80. The van der Waals surface area contributed by atoms with Gasteiger partial charge in [0.25, 0.3) is 0 Å². The Labute approximate surface area is 150 Å². The molecule has 0 bridgehead atoms. The molecule has 1 fully saturated rings. The number of aryl methyl sites for hydroxylation is 1. The summed E-state index contributed by atoms with van der Waals surface area (Å²) in [6.07, 6.45) is 2.12. The maximum Gasteiger partial charge on any atom is 0.242 e. The van der Waals surface area contributed by atoms with Gasteiger partial charge in [-0.05, 0) is 55.5 Å². The van der Waals surface area contributed by atoms with E-state index in [2.05, 4.69) is 9.71 Å². The molecular formula is C17H18ClFN2O3S. The van der Waals surface area contributed by atoms with Gasteiger partial charge in [-0.25, -0.2) is 17.5 Å². The molecule has 2 aromatic rings. The maximum absolute atomic E-state index is 13.6. The second-order valence-electron chi connectivity index (χ2n) is 6.27. The highest BCUT2D eigenvalue weighted by atomic mass is 35.5. The van der Waals surface area contributed by atoms with Crippen LogP contribution in [0, 0.1) is 18.7 Å². The summed E-state index contributed by atoms with van der Waals surface area (Å²) >= 11 is 5.95. The lowest BCUT2D eigenvalue weighted by molar-refractivity contribution is 0.0273. The van der Waals surface area contributed by atoms with E-state index >= 15 is 0 Å². The van der Waals surface area contributed by atoms with Crippen molar-refractivity contribution in [3.8, 4) is 0 Å². The molecule has 0 unspecified atom stereocenters. The van der Waals surface area contributed by atoms with Gasteiger partial charge in [-0.1, -0.05) is 17.7 Å². The van der Waals surface area contributed by atoms with Gasteiger partial charge < -0.3 is 5.11 Å². The molecule has 0 spiro atoms. The third kappa shape index (κ3) is 3.84. The monoisotopic (exact) mass is 384 g/mol. The first-order valence-corrected chi connectivity index (χ1v) is 9.71. The average molecular weight is 385 g/mol. The quantitative estimate of drug-likeness (QED) is 0.830. The number of halogens is 2. The summed E-state index contributed by atoms with van der Waals surface area (Å²) in [4.78, 5) is 4.07. The van der Waals surface area contributed by atoms with Crippen LogP contribution in [0.3, 0.4) is 0 Å². The molecular weight excluding hydrogens is 367 g/mol. The van der Waals surface area contributed by atoms with Crippen molar-refractivity contribution in [2.45, 2.75) is 36.8 Å². The summed E-state index contributed by atoms with van der Waals surface area (Å²) in [5.74, 6) is -0.632. The lowest BCUT2D eigenvalue weighted by Crippen LogP contribution is -2.41. The first kappa shape index (κ1) is 18.3. The number of hydrogen-bond donors (Lipinski definition) is 2. The van der Waals surface area contributed by atoms with Gasteiger partial charge in [0.15, 0.2) is 0 Å². The number of rotatable bonds is 5. The van der Waals surface area contributed by atoms with E-state index in [1.807, 2.05) is 0 Å². The van der Waals surface area contributed by atoms with Gasteiger partial charge in [0.2, 0.25) is 10.0 Å². The predicted molar refractivity (Wildman–Crippen MR) is 92.2 cm³/mol. The number of aliphatic hydroxyl groups is 1. The zero-order chi connectivity index (χ0) is 18.2. The molecule has 0 aliphatic heterocycles. The molecule has 0 amide bonds. The van der Waals surface area contributed by atoms with Gasteiger partial charge in [-0.15, -0.1) is 0 Å². The number of benzene rings is 1. The SMILES string of the molecule is Cc1cc(S(=O)(=O)N[C@H](c2ccccn2)C2CC(O)C2)c(Cl)cc1F. The average Bonchev–Trinajstić information content (AvgIpc) is 2.54. The van der Waals surface area contributed by atoms with E-state index < -0.39 is 28.0 Å². The van der Waals surface area contributed by atoms with Crippen molar-refractivity contribution >= 4 is 21.6 Å². The molecule has 1 aliphatic carbocycles. The van der Waals surface area contributed by atoms with Gasteiger partial charge in [0.05, 0.1) is 22.9 Å². The Morgan fingerprint density at radius 3 is 2.68 bits per heavy atom. The zero-order valence-corrected chi connectivity index (χ0v) is 15.1. The van der Waals surface area contributed by atoms with Crippen molar-refractivity contribution in [3.05, 3.63) is 58.6 Å². The molecule has 5 nitrogen and oxygen atoms in total. The Bertz CT molecular complexity index is 871. The Balaban J connectivity index is 1.95. The maximum atomic E-state index is 13.6. The standard InChI is InChI=1S/C17H18ClFN2O3S/c1-10-6-16(13(18)9-14(10)19)25(23,24)21-17(11-7-12(22)8-11)15-4-2-3-5-20-15/h2-6,9,11-12,17,21-22H,7-8H2,1H3/t11?,12?,17-/m0/s1. The normalized spacial score (nSPS) is 21.6. The van der Waals surface area contributed by atoms with Crippen LogP contribution in [0.1, 0.15) is 30.1 Å². The molecule has 1 heterocycles. The lowest BCUT2D eigenvalue weighted by Gasteiger charge is -2.37. The summed E-state index contributed by atoms with van der Waals surface area (Å²) in [5.41, 5.74) is 0.760. The number of sulfonamides is 1. The molecule has 1 atom stereocenters. The summed E-state index contributed by atoms with van der Waals surface area (Å²) in [6, 6.07) is 6.86. The van der Waals surface area contributed by atoms with Crippen LogP contribution in [0.25, 0.3) is 0 Å². The predicted octanol–water partition coefficient (Wildman–Crippen LogP) is 2.97. The molecule has 134 valence electrons. The van der Waals surface area contributed by atoms with E-state index in [0.29, 0.717) is 18.5 Å². The van der Waals surface area contributed by atoms with Gasteiger partial charge in [0.1, 0.15) is 10.7 Å². The summed E-state index contributed by atoms with van der Waals surface area (Å²) in [7, 11) is -3.99. The molecule has 2 N–H and O–H groups in total. The van der Waals surface area contributed by atoms with Crippen molar-refractivity contribution in [2.75, 3.05) is 0 Å². The van der Waals surface area contributed by atoms with E-state index in [1.165, 1.54) is 13.0 Å². The van der Waals surface area contributed by atoms with Gasteiger partial charge in [0, 0.05) is 6.20 Å². The Morgan fingerprint density at radius 1 is 1.36 bits per heavy atom. The first-order chi connectivity index (χ1) is 11.8. The number of hydrogen-bond acceptors (Lipinski definition) is 4. The smallest absolute Gasteiger partial charge is 0.242 e. The third-order valence-corrected chi connectivity index (χ3v) is 6.32. The van der Waals surface area contributed by atoms with Crippen LogP contribution in [0.5, 0.6) is 0 Å². The lowest BCUT2D eigenvalue weighted by atomic mass is 9.76. The van der Waals surface area contributed by atoms with Crippen molar-refractivity contribution in [3.63, 3.8) is 0 Å². The molecule has 0 saturated heterocycles. The van der Waals surface area contributed by atoms with Crippen molar-refractivity contribution < 1.29 is 17.9 Å². The van der Waals surface area contributed by atoms with E-state index in [-0.39, 0.29) is 21.4 Å². The van der Waals surface area contributed by atoms with Gasteiger partial charge in [-0.3, -0.25) is 4.98 Å². The molecule has 3 rings (SSSR count). The van der Waals surface area contributed by atoms with Gasteiger partial charge >= 0.3 is 0 Å². The second-order valence-corrected chi connectivity index (χ2v) is 8.36. The molecule has 1 aromatic carbocycles. The van der Waals surface area contributed by atoms with Crippen LogP contribution < -0.4 is 4.72 Å². The van der Waals surface area contributed by atoms with Crippen LogP contribution in [0.4, 0.5) is 4.39 Å². The summed E-state index contributed by atoms with van der Waals surface area (Å²) < 4.78 is 41.8. The molecule has 25 heavy (non-hydrogen) atoms. The molecule has 1 saturated carbocycles. The number of nitrogens with zero attached hydrogens (tertiary/aromatic N) is 1. The van der Waals surface area contributed by atoms with Crippen molar-refractivity contribution in [1.82, 2.24) is 9.71 Å². The molecule has 1 aromatic heterocycles. The molecule has 0 radical (unpaired) electrons. The topological polar surface area (TPSA) is 79.3 Å². The van der Waals surface area contributed by atoms with Gasteiger partial charge in [-0.2, -0.15) is 0 Å². The Morgan fingerprint density at radius 2 is 2.08 bits per heavy atom. The largest absolute Gasteiger partial charge is 0.393 e. The first-order valence-electron chi connectivity index (χ1n) is 7.85. The van der Waals surface area contributed by atoms with Crippen molar-refractivity contribution in [1.29, 1.82) is 0 Å². The summed E-state index contributed by atoms with van der Waals surface area (Å²) in [6.45, 7) is 1.48. The van der Waals surface area contributed by atoms with Crippen LogP contribution >= 0.6 is 11.6 Å². The van der Waals surface area contributed by atoms with E-state index in [4.69, 9.17) is 11.6 Å². The highest BCUT2D eigenvalue weighted by molar-refractivity contribution is 7.89. The van der Waals surface area contributed by atoms with Crippen LogP contribution in [0.15, 0.2) is 41.4 Å². The minimum atomic E-state index is -3.99. The number of aliphatic hydroxyl groups excluding tert-OH is 1. The highest BCUT2D eigenvalue weighted by Gasteiger charge is 2.38. The van der Waals surface area contributed by atoms with Crippen molar-refractivity contribution in [2.24, 2.45) is 5.92 Å². The molecule has 8 heteroatoms. The highest BCUT2D eigenvalue weighted by Crippen LogP contribution is 2.38. The number of pyridine rings is 1. The minimum Gasteiger partial charge on any atom is -0.393 e. The fraction of sp³-hybridized carbons (Fsp3) is 0.353. The minimum absolute atomic E-state index is 0.0694. The van der Waals surface area contributed by atoms with Crippen LogP contribution in [-0.4, -0.2) is 24.6 Å². The summed E-state index contributed by atoms with van der Waals surface area (Å²) in [5, 5.41) is 9.40. The fourth-order valence-electron chi connectivity index (χ4n) is 2.93. The van der Waals surface area contributed by atoms with Crippen LogP contribution in [-0.2, 0) is 10.0 Å². The Hall–Kier alpha value is -1.54. The van der Waals surface area contributed by atoms with E-state index in [0.717, 1.165) is 6.07 Å². The molecule has 1 aliphatic rings. The number of nitrogens with one attached hydrogen (secondary N) is 1. The van der Waals surface area contributed by atoms with Crippen LogP contribution in [0.2, 0.25) is 5.02 Å². The third-order valence-electron chi connectivity index (χ3n) is 4.41. The Kier molecular flexibility index (Phi) is 5.11. The zero-order valence-electron chi connectivity index (χ0n) is 13.5. The second kappa shape index (κ2) is 6.99. The number of aromatic nitrogens is 1.